The van der Waals surface area contributed by atoms with E-state index < -0.39 is 0 Å². The van der Waals surface area contributed by atoms with Crippen molar-refractivity contribution in [2.75, 3.05) is 53.4 Å². The molecule has 1 heterocycles. The van der Waals surface area contributed by atoms with Gasteiger partial charge in [0.1, 0.15) is 0 Å². The Morgan fingerprint density at radius 3 is 2.40 bits per heavy atom. The van der Waals surface area contributed by atoms with Gasteiger partial charge in [-0.25, -0.2) is 0 Å². The van der Waals surface area contributed by atoms with Gasteiger partial charge in [0, 0.05) is 59.4 Å². The highest BCUT2D eigenvalue weighted by Crippen LogP contribution is 2.06. The summed E-state index contributed by atoms with van der Waals surface area (Å²) in [5.41, 5.74) is 1.30. The number of nitrogens with zero attached hydrogens (tertiary/aromatic N) is 4. The minimum atomic E-state index is 0. The minimum Gasteiger partial charge on any atom is -0.355 e. The fraction of sp³-hybridized carbons (Fsp3) is 0.632. The first-order valence-electron chi connectivity index (χ1n) is 9.06. The van der Waals surface area contributed by atoms with Crippen LogP contribution in [0.3, 0.4) is 0 Å². The summed E-state index contributed by atoms with van der Waals surface area (Å²) in [5.74, 6) is 0.956. The van der Waals surface area contributed by atoms with E-state index in [1.807, 2.05) is 7.05 Å². The van der Waals surface area contributed by atoms with Crippen molar-refractivity contribution in [3.05, 3.63) is 35.9 Å². The largest absolute Gasteiger partial charge is 0.355 e. The summed E-state index contributed by atoms with van der Waals surface area (Å²) >= 11 is 0. The van der Waals surface area contributed by atoms with Crippen LogP contribution in [-0.2, 0) is 6.54 Å². The van der Waals surface area contributed by atoms with Crippen LogP contribution >= 0.6 is 24.0 Å². The lowest BCUT2D eigenvalue weighted by atomic mass is 10.2. The molecule has 5 nitrogen and oxygen atoms in total. The monoisotopic (exact) mass is 459 g/mol. The summed E-state index contributed by atoms with van der Waals surface area (Å²) < 4.78 is 0. The van der Waals surface area contributed by atoms with Crippen LogP contribution in [0.5, 0.6) is 0 Å². The predicted molar refractivity (Wildman–Crippen MR) is 118 cm³/mol. The van der Waals surface area contributed by atoms with Crippen LogP contribution in [0.2, 0.25) is 0 Å². The molecule has 142 valence electrons. The Morgan fingerprint density at radius 1 is 1.20 bits per heavy atom. The quantitative estimate of drug-likeness (QED) is 0.403. The van der Waals surface area contributed by atoms with Crippen molar-refractivity contribution in [1.29, 1.82) is 0 Å². The van der Waals surface area contributed by atoms with E-state index in [0.717, 1.165) is 38.7 Å². The highest BCUT2D eigenvalue weighted by Gasteiger charge is 2.20. The average molecular weight is 459 g/mol. The van der Waals surface area contributed by atoms with Crippen molar-refractivity contribution in [2.24, 2.45) is 4.99 Å². The second kappa shape index (κ2) is 11.7. The first-order valence-corrected chi connectivity index (χ1v) is 9.06. The van der Waals surface area contributed by atoms with Gasteiger partial charge in [-0.2, -0.15) is 0 Å². The third-order valence-electron chi connectivity index (χ3n) is 4.87. The van der Waals surface area contributed by atoms with Gasteiger partial charge >= 0.3 is 0 Å². The van der Waals surface area contributed by atoms with Crippen LogP contribution in [0.1, 0.15) is 19.4 Å². The lowest BCUT2D eigenvalue weighted by Gasteiger charge is -2.38. The number of guanidine groups is 1. The number of aliphatic imine (C=N–C) groups is 1. The lowest BCUT2D eigenvalue weighted by Crippen LogP contribution is -2.53. The smallest absolute Gasteiger partial charge is 0.193 e. The van der Waals surface area contributed by atoms with Crippen LogP contribution in [0.25, 0.3) is 0 Å². The SMILES string of the molecule is CCN1CCN(C(C)CNC(=NC)N(C)Cc2ccccc2)CC1.I. The number of hydrogen-bond acceptors (Lipinski definition) is 3. The molecule has 1 aliphatic rings. The second-order valence-corrected chi connectivity index (χ2v) is 6.59. The summed E-state index contributed by atoms with van der Waals surface area (Å²) in [4.78, 5) is 11.7. The number of rotatable bonds is 6. The standard InChI is InChI=1S/C19H33N5.HI/c1-5-23-11-13-24(14-12-23)17(2)15-21-19(20-3)22(4)16-18-9-7-6-8-10-18;/h6-10,17H,5,11-16H2,1-4H3,(H,20,21);1H. The number of halogens is 1. The summed E-state index contributed by atoms with van der Waals surface area (Å²) in [6.07, 6.45) is 0. The van der Waals surface area contributed by atoms with E-state index in [-0.39, 0.29) is 24.0 Å². The Morgan fingerprint density at radius 2 is 1.84 bits per heavy atom. The van der Waals surface area contributed by atoms with Gasteiger partial charge in [0.05, 0.1) is 0 Å². The minimum absolute atomic E-state index is 0. The van der Waals surface area contributed by atoms with E-state index in [0.29, 0.717) is 6.04 Å². The topological polar surface area (TPSA) is 34.1 Å². The van der Waals surface area contributed by atoms with E-state index in [2.05, 4.69) is 76.2 Å². The van der Waals surface area contributed by atoms with Crippen LogP contribution in [0.4, 0.5) is 0 Å². The molecule has 0 radical (unpaired) electrons. The summed E-state index contributed by atoms with van der Waals surface area (Å²) in [7, 11) is 3.95. The van der Waals surface area contributed by atoms with Gasteiger partial charge in [0.25, 0.3) is 0 Å². The van der Waals surface area contributed by atoms with Gasteiger partial charge in [-0.05, 0) is 19.0 Å². The normalized spacial score (nSPS) is 17.7. The zero-order valence-corrected chi connectivity index (χ0v) is 18.4. The molecule has 1 aromatic rings. The molecule has 1 saturated heterocycles. The molecule has 1 aliphatic heterocycles. The van der Waals surface area contributed by atoms with Gasteiger partial charge in [-0.3, -0.25) is 9.89 Å². The van der Waals surface area contributed by atoms with Gasteiger partial charge in [0.2, 0.25) is 0 Å². The predicted octanol–water partition coefficient (Wildman–Crippen LogP) is 2.34. The van der Waals surface area contributed by atoms with Crippen LogP contribution in [0, 0.1) is 0 Å². The third kappa shape index (κ3) is 7.11. The maximum absolute atomic E-state index is 4.43. The molecule has 0 aliphatic carbocycles. The molecule has 6 heteroatoms. The molecule has 1 aromatic carbocycles. The van der Waals surface area contributed by atoms with Crippen LogP contribution in [-0.4, -0.2) is 80.1 Å². The summed E-state index contributed by atoms with van der Waals surface area (Å²) in [6, 6.07) is 11.0. The fourth-order valence-corrected chi connectivity index (χ4v) is 3.21. The molecule has 0 aromatic heterocycles. The molecule has 0 saturated carbocycles. The van der Waals surface area contributed by atoms with Crippen LogP contribution < -0.4 is 5.32 Å². The molecule has 1 fully saturated rings. The Bertz CT molecular complexity index is 500. The maximum atomic E-state index is 4.43. The molecule has 0 amide bonds. The van der Waals surface area contributed by atoms with E-state index >= 15 is 0 Å². The van der Waals surface area contributed by atoms with E-state index in [4.69, 9.17) is 0 Å². The average Bonchev–Trinajstić information content (AvgIpc) is 2.63. The van der Waals surface area contributed by atoms with Crippen molar-refractivity contribution in [1.82, 2.24) is 20.0 Å². The molecule has 1 unspecified atom stereocenters. The highest BCUT2D eigenvalue weighted by atomic mass is 127. The molecule has 1 N–H and O–H groups in total. The zero-order valence-electron chi connectivity index (χ0n) is 16.1. The molecule has 2 rings (SSSR count). The van der Waals surface area contributed by atoms with Crippen molar-refractivity contribution >= 4 is 29.9 Å². The third-order valence-corrected chi connectivity index (χ3v) is 4.87. The first-order chi connectivity index (χ1) is 11.6. The molecule has 0 bridgehead atoms. The maximum Gasteiger partial charge on any atom is 0.193 e. The first kappa shape index (κ1) is 22.2. The van der Waals surface area contributed by atoms with Gasteiger partial charge in [-0.15, -0.1) is 24.0 Å². The molecule has 0 spiro atoms. The second-order valence-electron chi connectivity index (χ2n) is 6.59. The Kier molecular flexibility index (Phi) is 10.4. The van der Waals surface area contributed by atoms with Crippen LogP contribution in [0.15, 0.2) is 35.3 Å². The van der Waals surface area contributed by atoms with E-state index in [1.165, 1.54) is 18.7 Å². The van der Waals surface area contributed by atoms with Gasteiger partial charge in [0.15, 0.2) is 5.96 Å². The summed E-state index contributed by atoms with van der Waals surface area (Å²) in [5, 5.41) is 3.53. The number of likely N-dealkylation sites (N-methyl/N-ethyl adjacent to an activating group) is 1. The van der Waals surface area contributed by atoms with E-state index in [1.54, 1.807) is 0 Å². The Balaban J connectivity index is 0.00000312. The zero-order chi connectivity index (χ0) is 17.4. The van der Waals surface area contributed by atoms with Crippen molar-refractivity contribution in [3.8, 4) is 0 Å². The fourth-order valence-electron chi connectivity index (χ4n) is 3.21. The number of hydrogen-bond donors (Lipinski definition) is 1. The number of nitrogens with one attached hydrogen (secondary N) is 1. The number of benzene rings is 1. The number of piperazine rings is 1. The highest BCUT2D eigenvalue weighted by molar-refractivity contribution is 14.0. The lowest BCUT2D eigenvalue weighted by molar-refractivity contribution is 0.107. The van der Waals surface area contributed by atoms with E-state index in [9.17, 15) is 0 Å². The Labute approximate surface area is 170 Å². The van der Waals surface area contributed by atoms with Crippen molar-refractivity contribution in [2.45, 2.75) is 26.4 Å². The van der Waals surface area contributed by atoms with Crippen molar-refractivity contribution < 1.29 is 0 Å². The molecular weight excluding hydrogens is 425 g/mol. The Hall–Kier alpha value is -0.860. The molecular formula is C19H34IN5. The van der Waals surface area contributed by atoms with Crippen molar-refractivity contribution in [3.63, 3.8) is 0 Å². The van der Waals surface area contributed by atoms with Gasteiger partial charge in [-0.1, -0.05) is 37.3 Å². The summed E-state index contributed by atoms with van der Waals surface area (Å²) in [6.45, 7) is 12.2. The molecule has 1 atom stereocenters. The molecule has 25 heavy (non-hydrogen) atoms. The van der Waals surface area contributed by atoms with Gasteiger partial charge < -0.3 is 15.1 Å².